The quantitative estimate of drug-likeness (QED) is 0.401. The SMILES string of the molecule is CC(OC(=O)CCCNC(=O)c1ccco1)C(=O)Nc1cccc(S(N)(=O)=O)c1. The van der Waals surface area contributed by atoms with Crippen molar-refractivity contribution in [3.63, 3.8) is 0 Å². The van der Waals surface area contributed by atoms with E-state index in [0.717, 1.165) is 0 Å². The lowest BCUT2D eigenvalue weighted by Gasteiger charge is -2.14. The number of hydrogen-bond acceptors (Lipinski definition) is 7. The van der Waals surface area contributed by atoms with Gasteiger partial charge in [0.2, 0.25) is 10.0 Å². The number of esters is 1. The van der Waals surface area contributed by atoms with Crippen molar-refractivity contribution in [2.75, 3.05) is 11.9 Å². The lowest BCUT2D eigenvalue weighted by atomic mass is 10.3. The van der Waals surface area contributed by atoms with E-state index in [1.54, 1.807) is 6.07 Å². The van der Waals surface area contributed by atoms with Crippen LogP contribution in [0.1, 0.15) is 30.3 Å². The molecule has 2 rings (SSSR count). The maximum absolute atomic E-state index is 12.1. The largest absolute Gasteiger partial charge is 0.459 e. The van der Waals surface area contributed by atoms with Gasteiger partial charge in [0.25, 0.3) is 11.8 Å². The van der Waals surface area contributed by atoms with Crippen LogP contribution >= 0.6 is 0 Å². The number of furan rings is 1. The molecular formula is C18H21N3O7S. The van der Waals surface area contributed by atoms with Gasteiger partial charge in [0.05, 0.1) is 11.2 Å². The molecule has 2 amide bonds. The van der Waals surface area contributed by atoms with E-state index in [2.05, 4.69) is 10.6 Å². The first-order chi connectivity index (χ1) is 13.7. The van der Waals surface area contributed by atoms with Crippen molar-refractivity contribution in [2.45, 2.75) is 30.8 Å². The fraction of sp³-hybridized carbons (Fsp3) is 0.278. The second-order valence-corrected chi connectivity index (χ2v) is 7.59. The van der Waals surface area contributed by atoms with Crippen molar-refractivity contribution in [1.29, 1.82) is 0 Å². The second kappa shape index (κ2) is 9.85. The Morgan fingerprint density at radius 1 is 1.21 bits per heavy atom. The average Bonchev–Trinajstić information content (AvgIpc) is 3.19. The summed E-state index contributed by atoms with van der Waals surface area (Å²) in [4.78, 5) is 35.5. The fourth-order valence-electron chi connectivity index (χ4n) is 2.23. The van der Waals surface area contributed by atoms with Crippen LogP contribution in [0.5, 0.6) is 0 Å². The third-order valence-corrected chi connectivity index (χ3v) is 4.61. The molecule has 0 radical (unpaired) electrons. The molecule has 1 unspecified atom stereocenters. The van der Waals surface area contributed by atoms with E-state index >= 15 is 0 Å². The van der Waals surface area contributed by atoms with Gasteiger partial charge in [-0.25, -0.2) is 13.6 Å². The second-order valence-electron chi connectivity index (χ2n) is 6.03. The van der Waals surface area contributed by atoms with Gasteiger partial charge in [-0.15, -0.1) is 0 Å². The number of amides is 2. The third kappa shape index (κ3) is 7.05. The van der Waals surface area contributed by atoms with E-state index in [1.807, 2.05) is 0 Å². The van der Waals surface area contributed by atoms with Crippen molar-refractivity contribution in [3.8, 4) is 0 Å². The van der Waals surface area contributed by atoms with Crippen molar-refractivity contribution in [2.24, 2.45) is 5.14 Å². The summed E-state index contributed by atoms with van der Waals surface area (Å²) >= 11 is 0. The normalized spacial score (nSPS) is 12.1. The van der Waals surface area contributed by atoms with Crippen LogP contribution in [0.2, 0.25) is 0 Å². The molecule has 0 aliphatic carbocycles. The van der Waals surface area contributed by atoms with E-state index in [9.17, 15) is 22.8 Å². The number of carbonyl (C=O) groups is 3. The predicted molar refractivity (Wildman–Crippen MR) is 102 cm³/mol. The Hall–Kier alpha value is -3.18. The number of nitrogens with one attached hydrogen (secondary N) is 2. The number of benzene rings is 1. The van der Waals surface area contributed by atoms with Crippen molar-refractivity contribution >= 4 is 33.5 Å². The van der Waals surface area contributed by atoms with E-state index in [1.165, 1.54) is 43.5 Å². The van der Waals surface area contributed by atoms with Gasteiger partial charge in [-0.2, -0.15) is 0 Å². The summed E-state index contributed by atoms with van der Waals surface area (Å²) in [5, 5.41) is 10.1. The minimum Gasteiger partial charge on any atom is -0.459 e. The number of nitrogens with two attached hydrogens (primary N) is 1. The van der Waals surface area contributed by atoms with Crippen LogP contribution in [-0.4, -0.2) is 38.9 Å². The molecule has 1 heterocycles. The standard InChI is InChI=1S/C18H21N3O7S/c1-12(17(23)21-13-5-2-6-14(11-13)29(19,25)26)28-16(22)8-3-9-20-18(24)15-7-4-10-27-15/h2,4-7,10-12H,3,8-9H2,1H3,(H,20,24)(H,21,23)(H2,19,25,26). The number of carbonyl (C=O) groups excluding carboxylic acids is 3. The third-order valence-electron chi connectivity index (χ3n) is 3.70. The monoisotopic (exact) mass is 423 g/mol. The summed E-state index contributed by atoms with van der Waals surface area (Å²) < 4.78 is 32.7. The molecule has 0 aliphatic heterocycles. The Balaban J connectivity index is 1.74. The molecule has 0 saturated heterocycles. The lowest BCUT2D eigenvalue weighted by Crippen LogP contribution is -2.30. The Labute approximate surface area is 167 Å². The lowest BCUT2D eigenvalue weighted by molar-refractivity contribution is -0.153. The molecule has 0 fully saturated rings. The Bertz CT molecular complexity index is 971. The Morgan fingerprint density at radius 2 is 1.97 bits per heavy atom. The van der Waals surface area contributed by atoms with Gasteiger partial charge in [0.1, 0.15) is 0 Å². The van der Waals surface area contributed by atoms with Gasteiger partial charge in [0.15, 0.2) is 11.9 Å². The van der Waals surface area contributed by atoms with Crippen molar-refractivity contribution in [3.05, 3.63) is 48.4 Å². The van der Waals surface area contributed by atoms with Crippen LogP contribution in [-0.2, 0) is 24.3 Å². The first-order valence-corrected chi connectivity index (χ1v) is 10.2. The van der Waals surface area contributed by atoms with Crippen molar-refractivity contribution < 1.29 is 32.0 Å². The molecule has 1 aromatic carbocycles. The van der Waals surface area contributed by atoms with Gasteiger partial charge in [0, 0.05) is 18.7 Å². The number of sulfonamides is 1. The Morgan fingerprint density at radius 3 is 2.62 bits per heavy atom. The maximum atomic E-state index is 12.1. The van der Waals surface area contributed by atoms with Crippen molar-refractivity contribution in [1.82, 2.24) is 5.32 Å². The first-order valence-electron chi connectivity index (χ1n) is 8.62. The maximum Gasteiger partial charge on any atom is 0.306 e. The molecule has 0 bridgehead atoms. The summed E-state index contributed by atoms with van der Waals surface area (Å²) in [6.07, 6.45) is 0.593. The van der Waals surface area contributed by atoms with Gasteiger partial charge in [-0.3, -0.25) is 14.4 Å². The van der Waals surface area contributed by atoms with Gasteiger partial charge < -0.3 is 19.8 Å². The topological polar surface area (TPSA) is 158 Å². The molecule has 1 atom stereocenters. The molecule has 10 nitrogen and oxygen atoms in total. The average molecular weight is 423 g/mol. The minimum absolute atomic E-state index is 0.00302. The molecule has 2 aromatic rings. The molecule has 1 aromatic heterocycles. The highest BCUT2D eigenvalue weighted by Crippen LogP contribution is 2.14. The van der Waals surface area contributed by atoms with Crippen LogP contribution in [0.4, 0.5) is 5.69 Å². The van der Waals surface area contributed by atoms with E-state index in [0.29, 0.717) is 6.42 Å². The molecular weight excluding hydrogens is 402 g/mol. The predicted octanol–water partition coefficient (Wildman–Crippen LogP) is 1.01. The summed E-state index contributed by atoms with van der Waals surface area (Å²) in [6.45, 7) is 1.62. The fourth-order valence-corrected chi connectivity index (χ4v) is 2.79. The van der Waals surface area contributed by atoms with Gasteiger partial charge in [-0.1, -0.05) is 6.07 Å². The highest BCUT2D eigenvalue weighted by molar-refractivity contribution is 7.89. The molecule has 156 valence electrons. The zero-order valence-corrected chi connectivity index (χ0v) is 16.4. The zero-order valence-electron chi connectivity index (χ0n) is 15.6. The minimum atomic E-state index is -3.91. The Kier molecular flexibility index (Phi) is 7.51. The van der Waals surface area contributed by atoms with Gasteiger partial charge >= 0.3 is 5.97 Å². The molecule has 0 aliphatic rings. The first kappa shape index (κ1) is 22.1. The highest BCUT2D eigenvalue weighted by Gasteiger charge is 2.18. The van der Waals surface area contributed by atoms with Crippen LogP contribution in [0, 0.1) is 0 Å². The van der Waals surface area contributed by atoms with Crippen LogP contribution < -0.4 is 15.8 Å². The summed E-state index contributed by atoms with van der Waals surface area (Å²) in [5.74, 6) is -1.46. The van der Waals surface area contributed by atoms with Crippen LogP contribution in [0.15, 0.2) is 52.0 Å². The zero-order chi connectivity index (χ0) is 21.4. The number of hydrogen-bond donors (Lipinski definition) is 3. The highest BCUT2D eigenvalue weighted by atomic mass is 32.2. The molecule has 29 heavy (non-hydrogen) atoms. The summed E-state index contributed by atoms with van der Waals surface area (Å²) in [6, 6.07) is 8.49. The molecule has 11 heteroatoms. The van der Waals surface area contributed by atoms with E-state index < -0.39 is 33.9 Å². The molecule has 0 spiro atoms. The molecule has 4 N–H and O–H groups in total. The number of primary sulfonamides is 1. The smallest absolute Gasteiger partial charge is 0.306 e. The summed E-state index contributed by atoms with van der Waals surface area (Å²) in [5.41, 5.74) is 0.199. The van der Waals surface area contributed by atoms with Crippen LogP contribution in [0.25, 0.3) is 0 Å². The number of rotatable bonds is 9. The number of anilines is 1. The number of ether oxygens (including phenoxy) is 1. The van der Waals surface area contributed by atoms with E-state index in [-0.39, 0.29) is 29.3 Å². The van der Waals surface area contributed by atoms with Gasteiger partial charge in [-0.05, 0) is 43.7 Å². The van der Waals surface area contributed by atoms with Crippen LogP contribution in [0.3, 0.4) is 0 Å². The van der Waals surface area contributed by atoms with E-state index in [4.69, 9.17) is 14.3 Å². The summed E-state index contributed by atoms with van der Waals surface area (Å²) in [7, 11) is -3.91. The molecule has 0 saturated carbocycles.